The number of hydrogen-bond donors (Lipinski definition) is 1. The van der Waals surface area contributed by atoms with E-state index < -0.39 is 0 Å². The van der Waals surface area contributed by atoms with Gasteiger partial charge in [0, 0.05) is 50.6 Å². The lowest BCUT2D eigenvalue weighted by Gasteiger charge is -2.22. The van der Waals surface area contributed by atoms with Crippen LogP contribution in [0.1, 0.15) is 25.5 Å². The van der Waals surface area contributed by atoms with Gasteiger partial charge in [-0.25, -0.2) is 4.98 Å². The standard InChI is InChI=1S/C13H22N4OS/c1-11(14)7-13(18)17-4-2-3-16(5-6-17)8-12-9-19-10-15-12/h9-11H,2-8,14H2,1H3. The van der Waals surface area contributed by atoms with Crippen molar-refractivity contribution < 1.29 is 4.79 Å². The van der Waals surface area contributed by atoms with E-state index in [-0.39, 0.29) is 11.9 Å². The van der Waals surface area contributed by atoms with Gasteiger partial charge in [0.1, 0.15) is 0 Å². The number of nitrogens with two attached hydrogens (primary N) is 1. The van der Waals surface area contributed by atoms with E-state index in [1.165, 1.54) is 0 Å². The zero-order valence-corrected chi connectivity index (χ0v) is 12.2. The second kappa shape index (κ2) is 6.98. The van der Waals surface area contributed by atoms with Crippen LogP contribution in [-0.2, 0) is 11.3 Å². The lowest BCUT2D eigenvalue weighted by molar-refractivity contribution is -0.131. The Kier molecular flexibility index (Phi) is 5.30. The first kappa shape index (κ1) is 14.4. The Hall–Kier alpha value is -0.980. The summed E-state index contributed by atoms with van der Waals surface area (Å²) in [6.45, 7) is 6.36. The van der Waals surface area contributed by atoms with Gasteiger partial charge in [-0.05, 0) is 13.3 Å². The Morgan fingerprint density at radius 1 is 1.47 bits per heavy atom. The molecule has 1 fully saturated rings. The predicted molar refractivity (Wildman–Crippen MR) is 76.9 cm³/mol. The number of rotatable bonds is 4. The smallest absolute Gasteiger partial charge is 0.224 e. The SMILES string of the molecule is CC(N)CC(=O)N1CCCN(Cc2cscn2)CC1. The van der Waals surface area contributed by atoms with E-state index in [1.54, 1.807) is 11.3 Å². The van der Waals surface area contributed by atoms with E-state index in [1.807, 2.05) is 17.3 Å². The zero-order valence-electron chi connectivity index (χ0n) is 11.4. The van der Waals surface area contributed by atoms with Crippen LogP contribution in [0.25, 0.3) is 0 Å². The maximum absolute atomic E-state index is 12.0. The molecule has 1 aromatic rings. The summed E-state index contributed by atoms with van der Waals surface area (Å²) in [6, 6.07) is -0.0538. The van der Waals surface area contributed by atoms with Crippen molar-refractivity contribution in [3.63, 3.8) is 0 Å². The third kappa shape index (κ3) is 4.56. The van der Waals surface area contributed by atoms with Gasteiger partial charge in [0.2, 0.25) is 5.91 Å². The Morgan fingerprint density at radius 2 is 2.32 bits per heavy atom. The fourth-order valence-electron chi connectivity index (χ4n) is 2.33. The lowest BCUT2D eigenvalue weighted by atomic mass is 10.2. The highest BCUT2D eigenvalue weighted by Crippen LogP contribution is 2.10. The Morgan fingerprint density at radius 3 is 3.00 bits per heavy atom. The van der Waals surface area contributed by atoms with Crippen molar-refractivity contribution in [2.75, 3.05) is 26.2 Å². The van der Waals surface area contributed by atoms with Crippen molar-refractivity contribution in [2.24, 2.45) is 5.73 Å². The molecule has 106 valence electrons. The van der Waals surface area contributed by atoms with E-state index in [0.29, 0.717) is 6.42 Å². The van der Waals surface area contributed by atoms with Crippen molar-refractivity contribution in [1.29, 1.82) is 0 Å². The number of nitrogens with zero attached hydrogens (tertiary/aromatic N) is 3. The summed E-state index contributed by atoms with van der Waals surface area (Å²) < 4.78 is 0. The van der Waals surface area contributed by atoms with E-state index in [9.17, 15) is 4.79 Å². The summed E-state index contributed by atoms with van der Waals surface area (Å²) in [5, 5.41) is 2.09. The van der Waals surface area contributed by atoms with E-state index in [4.69, 9.17) is 5.73 Å². The summed E-state index contributed by atoms with van der Waals surface area (Å²) in [7, 11) is 0. The highest BCUT2D eigenvalue weighted by molar-refractivity contribution is 7.07. The molecule has 1 aromatic heterocycles. The van der Waals surface area contributed by atoms with Crippen LogP contribution < -0.4 is 5.73 Å². The third-order valence-corrected chi connectivity index (χ3v) is 3.94. The summed E-state index contributed by atoms with van der Waals surface area (Å²) in [5.41, 5.74) is 8.68. The molecule has 0 spiro atoms. The number of carbonyl (C=O) groups is 1. The second-order valence-electron chi connectivity index (χ2n) is 5.17. The molecule has 2 N–H and O–H groups in total. The molecule has 2 rings (SSSR count). The molecule has 19 heavy (non-hydrogen) atoms. The quantitative estimate of drug-likeness (QED) is 0.892. The molecule has 1 aliphatic rings. The first-order chi connectivity index (χ1) is 9.15. The fourth-order valence-corrected chi connectivity index (χ4v) is 2.88. The largest absolute Gasteiger partial charge is 0.341 e. The maximum atomic E-state index is 12.0. The molecule has 0 saturated carbocycles. The van der Waals surface area contributed by atoms with Gasteiger partial charge in [-0.3, -0.25) is 9.69 Å². The molecule has 1 unspecified atom stereocenters. The highest BCUT2D eigenvalue weighted by atomic mass is 32.1. The molecule has 1 saturated heterocycles. The summed E-state index contributed by atoms with van der Waals surface area (Å²) in [6.07, 6.45) is 1.47. The van der Waals surface area contributed by atoms with Crippen LogP contribution in [0, 0.1) is 0 Å². The fraction of sp³-hybridized carbons (Fsp3) is 0.692. The second-order valence-corrected chi connectivity index (χ2v) is 5.89. The van der Waals surface area contributed by atoms with Gasteiger partial charge in [-0.1, -0.05) is 0 Å². The van der Waals surface area contributed by atoms with Crippen molar-refractivity contribution in [1.82, 2.24) is 14.8 Å². The summed E-state index contributed by atoms with van der Waals surface area (Å²) in [5.74, 6) is 0.186. The van der Waals surface area contributed by atoms with Crippen molar-refractivity contribution in [3.8, 4) is 0 Å². The van der Waals surface area contributed by atoms with Crippen LogP contribution in [0.15, 0.2) is 10.9 Å². The number of aromatic nitrogens is 1. The molecular weight excluding hydrogens is 260 g/mol. The minimum absolute atomic E-state index is 0.0538. The molecule has 1 amide bonds. The van der Waals surface area contributed by atoms with Crippen LogP contribution >= 0.6 is 11.3 Å². The monoisotopic (exact) mass is 282 g/mol. The molecule has 1 atom stereocenters. The molecule has 0 bridgehead atoms. The minimum atomic E-state index is -0.0538. The van der Waals surface area contributed by atoms with E-state index >= 15 is 0 Å². The number of thiazole rings is 1. The molecule has 2 heterocycles. The Labute approximate surface area is 118 Å². The summed E-state index contributed by atoms with van der Waals surface area (Å²) in [4.78, 5) is 20.6. The van der Waals surface area contributed by atoms with Gasteiger partial charge in [0.05, 0.1) is 11.2 Å². The predicted octanol–water partition coefficient (Wildman–Crippen LogP) is 0.915. The molecule has 0 aromatic carbocycles. The maximum Gasteiger partial charge on any atom is 0.224 e. The van der Waals surface area contributed by atoms with Crippen LogP contribution in [0.4, 0.5) is 0 Å². The van der Waals surface area contributed by atoms with Crippen molar-refractivity contribution in [2.45, 2.75) is 32.4 Å². The third-order valence-electron chi connectivity index (χ3n) is 3.31. The molecular formula is C13H22N4OS. The van der Waals surface area contributed by atoms with Gasteiger partial charge in [0.15, 0.2) is 0 Å². The zero-order chi connectivity index (χ0) is 13.7. The molecule has 5 nitrogen and oxygen atoms in total. The van der Waals surface area contributed by atoms with E-state index in [0.717, 1.165) is 44.8 Å². The average molecular weight is 282 g/mol. The lowest BCUT2D eigenvalue weighted by Crippen LogP contribution is -2.37. The molecule has 0 aliphatic carbocycles. The Bertz CT molecular complexity index is 393. The highest BCUT2D eigenvalue weighted by Gasteiger charge is 2.19. The minimum Gasteiger partial charge on any atom is -0.341 e. The van der Waals surface area contributed by atoms with Gasteiger partial charge in [-0.2, -0.15) is 0 Å². The van der Waals surface area contributed by atoms with Crippen LogP contribution in [-0.4, -0.2) is 52.9 Å². The molecule has 6 heteroatoms. The van der Waals surface area contributed by atoms with Crippen LogP contribution in [0.3, 0.4) is 0 Å². The first-order valence-electron chi connectivity index (χ1n) is 6.78. The van der Waals surface area contributed by atoms with Crippen LogP contribution in [0.2, 0.25) is 0 Å². The molecule has 1 aliphatic heterocycles. The topological polar surface area (TPSA) is 62.5 Å². The van der Waals surface area contributed by atoms with Gasteiger partial charge < -0.3 is 10.6 Å². The number of carbonyl (C=O) groups excluding carboxylic acids is 1. The van der Waals surface area contributed by atoms with Gasteiger partial charge in [0.25, 0.3) is 0 Å². The Balaban J connectivity index is 1.82. The van der Waals surface area contributed by atoms with Gasteiger partial charge >= 0.3 is 0 Å². The van der Waals surface area contributed by atoms with Crippen molar-refractivity contribution >= 4 is 17.2 Å². The normalized spacial score (nSPS) is 19.2. The van der Waals surface area contributed by atoms with E-state index in [2.05, 4.69) is 15.3 Å². The number of amides is 1. The van der Waals surface area contributed by atoms with Crippen LogP contribution in [0.5, 0.6) is 0 Å². The average Bonchev–Trinajstić information content (AvgIpc) is 2.73. The van der Waals surface area contributed by atoms with Crippen molar-refractivity contribution in [3.05, 3.63) is 16.6 Å². The van der Waals surface area contributed by atoms with Gasteiger partial charge in [-0.15, -0.1) is 11.3 Å². The number of hydrogen-bond acceptors (Lipinski definition) is 5. The summed E-state index contributed by atoms with van der Waals surface area (Å²) >= 11 is 1.63. The first-order valence-corrected chi connectivity index (χ1v) is 7.72. The molecule has 0 radical (unpaired) electrons.